The highest BCUT2D eigenvalue weighted by atomic mass is 19.1. The van der Waals surface area contributed by atoms with Gasteiger partial charge in [-0.3, -0.25) is 9.59 Å². The van der Waals surface area contributed by atoms with Crippen LogP contribution in [0.5, 0.6) is 11.5 Å². The number of ketones is 1. The molecular weight excluding hydrogens is 467 g/mol. The van der Waals surface area contributed by atoms with Gasteiger partial charge in [0, 0.05) is 11.1 Å². The van der Waals surface area contributed by atoms with Gasteiger partial charge in [-0.1, -0.05) is 30.0 Å². The molecule has 2 saturated heterocycles. The topological polar surface area (TPSA) is 92.6 Å². The molecule has 2 aliphatic rings. The van der Waals surface area contributed by atoms with Crippen molar-refractivity contribution < 1.29 is 38.2 Å². The van der Waals surface area contributed by atoms with E-state index in [-0.39, 0.29) is 29.5 Å². The Morgan fingerprint density at radius 2 is 1.89 bits per heavy atom. The fourth-order valence-corrected chi connectivity index (χ4v) is 4.65. The van der Waals surface area contributed by atoms with Gasteiger partial charge in [0.15, 0.2) is 11.6 Å². The Labute approximate surface area is 209 Å². The van der Waals surface area contributed by atoms with Crippen molar-refractivity contribution in [3.8, 4) is 11.5 Å². The van der Waals surface area contributed by atoms with Crippen LogP contribution in [0, 0.1) is 5.82 Å². The Morgan fingerprint density at radius 1 is 1.17 bits per heavy atom. The smallest absolute Gasteiger partial charge is 0.295 e. The van der Waals surface area contributed by atoms with E-state index in [2.05, 4.69) is 0 Å². The van der Waals surface area contributed by atoms with Gasteiger partial charge in [-0.05, 0) is 37.6 Å². The highest BCUT2D eigenvalue weighted by Gasteiger charge is 2.45. The van der Waals surface area contributed by atoms with Gasteiger partial charge in [-0.15, -0.1) is 0 Å². The fourth-order valence-electron chi connectivity index (χ4n) is 4.65. The van der Waals surface area contributed by atoms with Crippen molar-refractivity contribution in [1.29, 1.82) is 0 Å². The summed E-state index contributed by atoms with van der Waals surface area (Å²) in [7, 11) is 1.49. The lowest BCUT2D eigenvalue weighted by molar-refractivity contribution is -0.907. The Kier molecular flexibility index (Phi) is 7.91. The first-order chi connectivity index (χ1) is 17.3. The summed E-state index contributed by atoms with van der Waals surface area (Å²) in [5.41, 5.74) is 0.290. The molecule has 0 radical (unpaired) electrons. The van der Waals surface area contributed by atoms with Crippen LogP contribution < -0.4 is 19.5 Å². The Balaban J connectivity index is 1.76. The summed E-state index contributed by atoms with van der Waals surface area (Å²) >= 11 is 0. The van der Waals surface area contributed by atoms with E-state index < -0.39 is 29.3 Å². The van der Waals surface area contributed by atoms with Crippen LogP contribution in [0.1, 0.15) is 31.0 Å². The molecule has 0 aliphatic carbocycles. The number of methoxy groups -OCH3 is 1. The highest BCUT2D eigenvalue weighted by molar-refractivity contribution is 6.46. The van der Waals surface area contributed by atoms with E-state index in [9.17, 15) is 19.1 Å². The Bertz CT molecular complexity index is 1160. The zero-order chi connectivity index (χ0) is 25.8. The van der Waals surface area contributed by atoms with E-state index in [1.54, 1.807) is 38.1 Å². The molecular formula is C27H31FN2O6. The number of benzene rings is 2. The summed E-state index contributed by atoms with van der Waals surface area (Å²) in [5, 5.41) is 13.6. The van der Waals surface area contributed by atoms with E-state index in [0.29, 0.717) is 31.1 Å². The number of amides is 1. The third kappa shape index (κ3) is 5.22. The van der Waals surface area contributed by atoms with Gasteiger partial charge in [-0.2, -0.15) is 0 Å². The number of nitrogens with one attached hydrogen (secondary N) is 1. The van der Waals surface area contributed by atoms with Crippen LogP contribution in [-0.2, 0) is 14.3 Å². The van der Waals surface area contributed by atoms with Crippen molar-refractivity contribution in [3.63, 3.8) is 0 Å². The second kappa shape index (κ2) is 11.1. The van der Waals surface area contributed by atoms with Gasteiger partial charge >= 0.3 is 0 Å². The zero-order valence-electron chi connectivity index (χ0n) is 20.7. The lowest BCUT2D eigenvalue weighted by Gasteiger charge is -2.30. The average Bonchev–Trinajstić information content (AvgIpc) is 3.13. The standard InChI is InChI=1S/C27H31FN2O6/c1-17(2)36-22-9-8-18(16-20(22)28)25(31)23-24(19-6-4-5-7-21(19)34-3)30(27(33)26(23)32)11-10-29-12-14-35-15-13-29/h4-9,16-17,24,31H,10-15H2,1-3H3. The molecule has 4 rings (SSSR count). The van der Waals surface area contributed by atoms with Gasteiger partial charge in [-0.25, -0.2) is 4.39 Å². The van der Waals surface area contributed by atoms with Crippen LogP contribution >= 0.6 is 0 Å². The number of Topliss-reactive ketones (excluding diaryl/α,β-unsaturated/α-hetero) is 1. The maximum absolute atomic E-state index is 14.7. The first kappa shape index (κ1) is 25.7. The fraction of sp³-hybridized carbons (Fsp3) is 0.407. The third-order valence-corrected chi connectivity index (χ3v) is 6.43. The van der Waals surface area contributed by atoms with Gasteiger partial charge in [0.05, 0.1) is 45.6 Å². The Hall–Kier alpha value is -3.43. The number of quaternary nitrogens is 1. The number of halogens is 1. The minimum atomic E-state index is -0.941. The second-order valence-electron chi connectivity index (χ2n) is 9.14. The van der Waals surface area contributed by atoms with E-state index in [4.69, 9.17) is 14.2 Å². The van der Waals surface area contributed by atoms with Crippen LogP contribution in [0.2, 0.25) is 0 Å². The van der Waals surface area contributed by atoms with Crippen molar-refractivity contribution in [1.82, 2.24) is 4.90 Å². The summed E-state index contributed by atoms with van der Waals surface area (Å²) in [6.07, 6.45) is -0.249. The van der Waals surface area contributed by atoms with Crippen molar-refractivity contribution in [3.05, 3.63) is 65.0 Å². The molecule has 1 unspecified atom stereocenters. The predicted molar refractivity (Wildman–Crippen MR) is 128 cm³/mol. The molecule has 0 spiro atoms. The molecule has 2 aromatic rings. The van der Waals surface area contributed by atoms with Crippen LogP contribution in [0.4, 0.5) is 4.39 Å². The largest absolute Gasteiger partial charge is 0.872 e. The number of morpholine rings is 1. The molecule has 0 saturated carbocycles. The first-order valence-electron chi connectivity index (χ1n) is 12.1. The summed E-state index contributed by atoms with van der Waals surface area (Å²) < 4.78 is 31.0. The molecule has 8 nitrogen and oxygen atoms in total. The molecule has 0 aromatic heterocycles. The highest BCUT2D eigenvalue weighted by Crippen LogP contribution is 2.42. The third-order valence-electron chi connectivity index (χ3n) is 6.43. The van der Waals surface area contributed by atoms with Crippen molar-refractivity contribution >= 4 is 17.4 Å². The zero-order valence-corrected chi connectivity index (χ0v) is 20.7. The van der Waals surface area contributed by atoms with E-state index >= 15 is 0 Å². The van der Waals surface area contributed by atoms with E-state index in [0.717, 1.165) is 19.2 Å². The van der Waals surface area contributed by atoms with Crippen molar-refractivity contribution in [2.24, 2.45) is 0 Å². The number of rotatable bonds is 8. The SMILES string of the molecule is COc1ccccc1C1C(=C([O-])c2ccc(OC(C)C)c(F)c2)C(=O)C(=O)N1CC[NH+]1CCOCC1. The van der Waals surface area contributed by atoms with Crippen LogP contribution in [0.3, 0.4) is 0 Å². The number of nitrogens with zero attached hydrogens (tertiary/aromatic N) is 1. The maximum Gasteiger partial charge on any atom is 0.295 e. The van der Waals surface area contributed by atoms with Gasteiger partial charge in [0.2, 0.25) is 5.78 Å². The number of carbonyl (C=O) groups is 2. The van der Waals surface area contributed by atoms with Gasteiger partial charge < -0.3 is 29.1 Å². The van der Waals surface area contributed by atoms with Crippen LogP contribution in [0.25, 0.3) is 5.76 Å². The molecule has 1 atom stereocenters. The molecule has 2 heterocycles. The molecule has 36 heavy (non-hydrogen) atoms. The first-order valence-corrected chi connectivity index (χ1v) is 12.1. The molecule has 2 aromatic carbocycles. The molecule has 192 valence electrons. The number of hydrogen-bond acceptors (Lipinski definition) is 6. The number of likely N-dealkylation sites (tertiary alicyclic amines) is 1. The summed E-state index contributed by atoms with van der Waals surface area (Å²) in [6, 6.07) is 9.86. The summed E-state index contributed by atoms with van der Waals surface area (Å²) in [6.45, 7) is 7.28. The number of ether oxygens (including phenoxy) is 3. The van der Waals surface area contributed by atoms with Crippen LogP contribution in [0.15, 0.2) is 48.0 Å². The van der Waals surface area contributed by atoms with Crippen molar-refractivity contribution in [2.45, 2.75) is 26.0 Å². The summed E-state index contributed by atoms with van der Waals surface area (Å²) in [5.74, 6) is -2.57. The minimum Gasteiger partial charge on any atom is -0.872 e. The maximum atomic E-state index is 14.7. The average molecular weight is 499 g/mol. The number of para-hydroxylation sites is 1. The molecule has 0 bridgehead atoms. The summed E-state index contributed by atoms with van der Waals surface area (Å²) in [4.78, 5) is 29.1. The molecule has 2 aliphatic heterocycles. The normalized spacial score (nSPS) is 20.2. The van der Waals surface area contributed by atoms with Crippen molar-refractivity contribution in [2.75, 3.05) is 46.5 Å². The second-order valence-corrected chi connectivity index (χ2v) is 9.14. The monoisotopic (exact) mass is 498 g/mol. The number of hydrogen-bond donors (Lipinski definition) is 1. The Morgan fingerprint density at radius 3 is 2.56 bits per heavy atom. The lowest BCUT2D eigenvalue weighted by Crippen LogP contribution is -3.14. The van der Waals surface area contributed by atoms with E-state index in [1.165, 1.54) is 29.0 Å². The molecule has 2 fully saturated rings. The van der Waals surface area contributed by atoms with E-state index in [1.807, 2.05) is 0 Å². The molecule has 1 N–H and O–H groups in total. The van der Waals surface area contributed by atoms with Crippen LogP contribution in [-0.4, -0.2) is 69.2 Å². The lowest BCUT2D eigenvalue weighted by atomic mass is 9.94. The predicted octanol–water partition coefficient (Wildman–Crippen LogP) is 0.761. The van der Waals surface area contributed by atoms with Gasteiger partial charge in [0.25, 0.3) is 5.91 Å². The quantitative estimate of drug-likeness (QED) is 0.328. The minimum absolute atomic E-state index is 0.0109. The van der Waals surface area contributed by atoms with Gasteiger partial charge in [0.1, 0.15) is 18.8 Å². The number of carbonyl (C=O) groups excluding carboxylic acids is 2. The molecule has 9 heteroatoms. The molecule has 1 amide bonds.